The van der Waals surface area contributed by atoms with E-state index < -0.39 is 5.97 Å². The maximum Gasteiger partial charge on any atom is 0.323 e. The van der Waals surface area contributed by atoms with Crippen molar-refractivity contribution in [2.75, 3.05) is 5.73 Å². The highest BCUT2D eigenvalue weighted by Gasteiger charge is 2.18. The van der Waals surface area contributed by atoms with Gasteiger partial charge in [0.25, 0.3) is 0 Å². The highest BCUT2D eigenvalue weighted by Crippen LogP contribution is 2.31. The van der Waals surface area contributed by atoms with Gasteiger partial charge in [-0.2, -0.15) is 0 Å². The fraction of sp³-hybridized carbons (Fsp3) is 0.0625. The summed E-state index contributed by atoms with van der Waals surface area (Å²) < 4.78 is 1.58. The SMILES string of the molecule is Nc1ncnc2c1c1nc(-c3ccncc3)ccc1n2CC(=O)O. The number of aliphatic carboxylic acids is 1. The Labute approximate surface area is 135 Å². The molecule has 0 saturated heterocycles. The third-order valence-corrected chi connectivity index (χ3v) is 3.78. The first-order valence-corrected chi connectivity index (χ1v) is 7.17. The van der Waals surface area contributed by atoms with Crippen LogP contribution in [-0.4, -0.2) is 35.6 Å². The van der Waals surface area contributed by atoms with E-state index in [-0.39, 0.29) is 12.4 Å². The van der Waals surface area contributed by atoms with Crippen molar-refractivity contribution >= 4 is 33.9 Å². The molecule has 8 heteroatoms. The van der Waals surface area contributed by atoms with Crippen molar-refractivity contribution in [1.29, 1.82) is 0 Å². The standard InChI is InChI=1S/C16H12N6O2/c17-15-13-14-11(22(7-12(23)24)16(13)20-8-19-15)2-1-10(21-14)9-3-5-18-6-4-9/h1-6,8H,7H2,(H,23,24)(H2,17,19,20). The van der Waals surface area contributed by atoms with Crippen molar-refractivity contribution in [2.45, 2.75) is 6.54 Å². The van der Waals surface area contributed by atoms with Crippen molar-refractivity contribution in [3.63, 3.8) is 0 Å². The molecule has 8 nitrogen and oxygen atoms in total. The molecule has 0 spiro atoms. The van der Waals surface area contributed by atoms with Gasteiger partial charge in [0.2, 0.25) is 0 Å². The van der Waals surface area contributed by atoms with Crippen LogP contribution in [0.4, 0.5) is 5.82 Å². The van der Waals surface area contributed by atoms with E-state index in [9.17, 15) is 9.90 Å². The number of carboxylic acids is 1. The lowest BCUT2D eigenvalue weighted by atomic mass is 10.1. The van der Waals surface area contributed by atoms with Gasteiger partial charge in [-0.05, 0) is 24.3 Å². The summed E-state index contributed by atoms with van der Waals surface area (Å²) in [6.07, 6.45) is 4.69. The predicted molar refractivity (Wildman–Crippen MR) is 88.1 cm³/mol. The molecule has 0 aliphatic carbocycles. The lowest BCUT2D eigenvalue weighted by Crippen LogP contribution is -2.09. The zero-order valence-electron chi connectivity index (χ0n) is 12.4. The maximum absolute atomic E-state index is 11.2. The van der Waals surface area contributed by atoms with Crippen LogP contribution in [0.25, 0.3) is 33.3 Å². The molecule has 0 fully saturated rings. The molecule has 0 radical (unpaired) electrons. The first kappa shape index (κ1) is 14.1. The molecule has 24 heavy (non-hydrogen) atoms. The number of hydrogen-bond acceptors (Lipinski definition) is 6. The van der Waals surface area contributed by atoms with E-state index in [1.54, 1.807) is 17.0 Å². The fourth-order valence-electron chi connectivity index (χ4n) is 2.77. The molecule has 0 amide bonds. The minimum absolute atomic E-state index is 0.229. The van der Waals surface area contributed by atoms with Crippen LogP contribution in [0.1, 0.15) is 0 Å². The normalized spacial score (nSPS) is 11.2. The number of nitrogens with zero attached hydrogens (tertiary/aromatic N) is 5. The monoisotopic (exact) mass is 320 g/mol. The van der Waals surface area contributed by atoms with Gasteiger partial charge in [0.05, 0.1) is 16.6 Å². The average molecular weight is 320 g/mol. The van der Waals surface area contributed by atoms with Gasteiger partial charge in [-0.25, -0.2) is 15.0 Å². The topological polar surface area (TPSA) is 120 Å². The second-order valence-electron chi connectivity index (χ2n) is 5.24. The van der Waals surface area contributed by atoms with Crippen LogP contribution in [0.5, 0.6) is 0 Å². The third-order valence-electron chi connectivity index (χ3n) is 3.78. The molecule has 0 atom stereocenters. The van der Waals surface area contributed by atoms with E-state index in [4.69, 9.17) is 5.73 Å². The molecular formula is C16H12N6O2. The largest absolute Gasteiger partial charge is 0.480 e. The van der Waals surface area contributed by atoms with Crippen LogP contribution in [0, 0.1) is 0 Å². The summed E-state index contributed by atoms with van der Waals surface area (Å²) in [4.78, 5) is 28.1. The van der Waals surface area contributed by atoms with Gasteiger partial charge in [0, 0.05) is 18.0 Å². The van der Waals surface area contributed by atoms with Crippen molar-refractivity contribution < 1.29 is 9.90 Å². The third kappa shape index (κ3) is 2.12. The second-order valence-corrected chi connectivity index (χ2v) is 5.24. The van der Waals surface area contributed by atoms with Crippen LogP contribution in [-0.2, 0) is 11.3 Å². The lowest BCUT2D eigenvalue weighted by Gasteiger charge is -2.03. The maximum atomic E-state index is 11.2. The molecule has 4 heterocycles. The first-order valence-electron chi connectivity index (χ1n) is 7.17. The molecule has 0 aliphatic rings. The molecule has 118 valence electrons. The number of nitrogen functional groups attached to an aromatic ring is 1. The number of rotatable bonds is 3. The Kier molecular flexibility index (Phi) is 3.09. The van der Waals surface area contributed by atoms with Gasteiger partial charge in [0.15, 0.2) is 0 Å². The Morgan fingerprint density at radius 1 is 1.17 bits per heavy atom. The number of hydrogen-bond donors (Lipinski definition) is 2. The van der Waals surface area contributed by atoms with E-state index in [1.165, 1.54) is 6.33 Å². The quantitative estimate of drug-likeness (QED) is 0.589. The molecule has 0 aromatic carbocycles. The summed E-state index contributed by atoms with van der Waals surface area (Å²) in [5, 5.41) is 9.74. The van der Waals surface area contributed by atoms with E-state index in [0.717, 1.165) is 11.3 Å². The molecule has 0 aliphatic heterocycles. The van der Waals surface area contributed by atoms with E-state index >= 15 is 0 Å². The summed E-state index contributed by atoms with van der Waals surface area (Å²) in [7, 11) is 0. The predicted octanol–water partition coefficient (Wildman–Crippen LogP) is 1.71. The number of pyridine rings is 2. The summed E-state index contributed by atoms with van der Waals surface area (Å²) in [5.74, 6) is -0.697. The van der Waals surface area contributed by atoms with Crippen molar-refractivity contribution in [1.82, 2.24) is 24.5 Å². The van der Waals surface area contributed by atoms with Crippen LogP contribution < -0.4 is 5.73 Å². The zero-order chi connectivity index (χ0) is 16.7. The van der Waals surface area contributed by atoms with Crippen LogP contribution in [0.3, 0.4) is 0 Å². The van der Waals surface area contributed by atoms with E-state index in [1.807, 2.05) is 24.3 Å². The van der Waals surface area contributed by atoms with Crippen LogP contribution >= 0.6 is 0 Å². The Hall–Kier alpha value is -3.55. The van der Waals surface area contributed by atoms with Gasteiger partial charge >= 0.3 is 5.97 Å². The highest BCUT2D eigenvalue weighted by atomic mass is 16.4. The van der Waals surface area contributed by atoms with Crippen molar-refractivity contribution in [2.24, 2.45) is 0 Å². The molecule has 4 rings (SSSR count). The summed E-state index contributed by atoms with van der Waals surface area (Å²) in [6, 6.07) is 7.36. The lowest BCUT2D eigenvalue weighted by molar-refractivity contribution is -0.137. The first-order chi connectivity index (χ1) is 11.6. The Bertz CT molecular complexity index is 1070. The fourth-order valence-corrected chi connectivity index (χ4v) is 2.77. The Morgan fingerprint density at radius 2 is 1.96 bits per heavy atom. The summed E-state index contributed by atoms with van der Waals surface area (Å²) in [5.41, 5.74) is 9.33. The number of fused-ring (bicyclic) bond motifs is 3. The van der Waals surface area contributed by atoms with E-state index in [0.29, 0.717) is 22.1 Å². The highest BCUT2D eigenvalue weighted by molar-refractivity contribution is 6.10. The molecule has 0 saturated carbocycles. The molecule has 4 aromatic heterocycles. The van der Waals surface area contributed by atoms with Crippen molar-refractivity contribution in [3.8, 4) is 11.3 Å². The van der Waals surface area contributed by atoms with E-state index in [2.05, 4.69) is 19.9 Å². The van der Waals surface area contributed by atoms with Gasteiger partial charge in [-0.1, -0.05) is 0 Å². The van der Waals surface area contributed by atoms with Crippen LogP contribution in [0.2, 0.25) is 0 Å². The van der Waals surface area contributed by atoms with Crippen molar-refractivity contribution in [3.05, 3.63) is 43.0 Å². The molecule has 0 unspecified atom stereocenters. The number of carboxylic acid groups (broad SMARTS) is 1. The summed E-state index contributed by atoms with van der Waals surface area (Å²) in [6.45, 7) is -0.229. The zero-order valence-corrected chi connectivity index (χ0v) is 12.4. The smallest absolute Gasteiger partial charge is 0.323 e. The number of anilines is 1. The molecule has 0 bridgehead atoms. The van der Waals surface area contributed by atoms with Gasteiger partial charge < -0.3 is 15.4 Å². The molecule has 3 N–H and O–H groups in total. The molecule has 4 aromatic rings. The van der Waals surface area contributed by atoms with Crippen LogP contribution in [0.15, 0.2) is 43.0 Å². The number of nitrogens with two attached hydrogens (primary N) is 1. The Balaban J connectivity index is 2.06. The van der Waals surface area contributed by atoms with Gasteiger partial charge in [-0.15, -0.1) is 0 Å². The second kappa shape index (κ2) is 5.27. The minimum Gasteiger partial charge on any atom is -0.480 e. The average Bonchev–Trinajstić information content (AvgIpc) is 2.90. The van der Waals surface area contributed by atoms with Gasteiger partial charge in [0.1, 0.15) is 29.9 Å². The summed E-state index contributed by atoms with van der Waals surface area (Å²) >= 11 is 0. The Morgan fingerprint density at radius 3 is 2.71 bits per heavy atom. The number of carbonyl (C=O) groups is 1. The minimum atomic E-state index is -0.968. The van der Waals surface area contributed by atoms with Gasteiger partial charge in [-0.3, -0.25) is 9.78 Å². The number of aromatic nitrogens is 5. The molecular weight excluding hydrogens is 308 g/mol.